The minimum Gasteiger partial charge on any atom is -0.342 e. The first-order valence-corrected chi connectivity index (χ1v) is 7.26. The third-order valence-corrected chi connectivity index (χ3v) is 4.43. The number of carbonyl (C=O) groups excluding carboxylic acids is 1. The molecule has 2 fully saturated rings. The molecule has 98 valence electrons. The zero-order chi connectivity index (χ0) is 12.1. The highest BCUT2D eigenvalue weighted by molar-refractivity contribution is 5.78. The summed E-state index contributed by atoms with van der Waals surface area (Å²) in [6.07, 6.45) is 7.74. The maximum atomic E-state index is 11.9. The Kier molecular flexibility index (Phi) is 4.84. The normalized spacial score (nSPS) is 29.6. The lowest BCUT2D eigenvalue weighted by atomic mass is 9.98. The van der Waals surface area contributed by atoms with Crippen molar-refractivity contribution in [2.24, 2.45) is 11.8 Å². The van der Waals surface area contributed by atoms with Crippen molar-refractivity contribution in [2.75, 3.05) is 26.2 Å². The summed E-state index contributed by atoms with van der Waals surface area (Å²) in [6, 6.07) is 0. The molecule has 1 saturated carbocycles. The van der Waals surface area contributed by atoms with Gasteiger partial charge in [-0.3, -0.25) is 4.79 Å². The van der Waals surface area contributed by atoms with Crippen molar-refractivity contribution in [3.05, 3.63) is 0 Å². The molecule has 1 aliphatic heterocycles. The van der Waals surface area contributed by atoms with Gasteiger partial charge < -0.3 is 10.2 Å². The topological polar surface area (TPSA) is 32.3 Å². The van der Waals surface area contributed by atoms with Gasteiger partial charge in [0.05, 0.1) is 6.54 Å². The van der Waals surface area contributed by atoms with Crippen LogP contribution in [-0.4, -0.2) is 37.0 Å². The number of rotatable bonds is 4. The van der Waals surface area contributed by atoms with Crippen LogP contribution in [0.4, 0.5) is 0 Å². The molecule has 1 saturated heterocycles. The van der Waals surface area contributed by atoms with Crippen LogP contribution in [0.2, 0.25) is 0 Å². The summed E-state index contributed by atoms with van der Waals surface area (Å²) in [7, 11) is 0. The molecule has 0 spiro atoms. The Morgan fingerprint density at radius 2 is 1.94 bits per heavy atom. The SMILES string of the molecule is CC1CCCC1CNCC(=O)N1CCCCC1. The predicted molar refractivity (Wildman–Crippen MR) is 69.8 cm³/mol. The van der Waals surface area contributed by atoms with Crippen LogP contribution in [0.3, 0.4) is 0 Å². The number of carbonyl (C=O) groups is 1. The molecule has 1 aliphatic carbocycles. The van der Waals surface area contributed by atoms with E-state index in [1.165, 1.54) is 38.5 Å². The van der Waals surface area contributed by atoms with Gasteiger partial charge in [-0.1, -0.05) is 19.8 Å². The highest BCUT2D eigenvalue weighted by atomic mass is 16.2. The highest BCUT2D eigenvalue weighted by Crippen LogP contribution is 2.30. The highest BCUT2D eigenvalue weighted by Gasteiger charge is 2.23. The van der Waals surface area contributed by atoms with E-state index >= 15 is 0 Å². The Hall–Kier alpha value is -0.570. The summed E-state index contributed by atoms with van der Waals surface area (Å²) in [5, 5.41) is 3.36. The fraction of sp³-hybridized carbons (Fsp3) is 0.929. The minimum atomic E-state index is 0.301. The Morgan fingerprint density at radius 3 is 2.59 bits per heavy atom. The number of hydrogen-bond donors (Lipinski definition) is 1. The van der Waals surface area contributed by atoms with Gasteiger partial charge in [0.25, 0.3) is 0 Å². The first-order chi connectivity index (χ1) is 8.27. The van der Waals surface area contributed by atoms with Crippen LogP contribution in [0.15, 0.2) is 0 Å². The Labute approximate surface area is 105 Å². The second kappa shape index (κ2) is 6.39. The molecule has 2 aliphatic rings. The van der Waals surface area contributed by atoms with E-state index in [-0.39, 0.29) is 0 Å². The smallest absolute Gasteiger partial charge is 0.236 e. The Bertz CT molecular complexity index is 249. The molecular weight excluding hydrogens is 212 g/mol. The third kappa shape index (κ3) is 3.70. The van der Waals surface area contributed by atoms with Gasteiger partial charge in [0.15, 0.2) is 0 Å². The van der Waals surface area contributed by atoms with Gasteiger partial charge in [0.2, 0.25) is 5.91 Å². The molecule has 17 heavy (non-hydrogen) atoms. The monoisotopic (exact) mass is 238 g/mol. The third-order valence-electron chi connectivity index (χ3n) is 4.43. The zero-order valence-corrected chi connectivity index (χ0v) is 11.1. The summed E-state index contributed by atoms with van der Waals surface area (Å²) in [4.78, 5) is 13.9. The molecule has 1 amide bonds. The van der Waals surface area contributed by atoms with E-state index < -0.39 is 0 Å². The molecular formula is C14H26N2O. The van der Waals surface area contributed by atoms with E-state index in [4.69, 9.17) is 0 Å². The molecule has 2 atom stereocenters. The van der Waals surface area contributed by atoms with Crippen molar-refractivity contribution in [3.63, 3.8) is 0 Å². The first-order valence-electron chi connectivity index (χ1n) is 7.26. The maximum absolute atomic E-state index is 11.9. The van der Waals surface area contributed by atoms with Crippen molar-refractivity contribution in [2.45, 2.75) is 45.4 Å². The summed E-state index contributed by atoms with van der Waals surface area (Å²) in [5.74, 6) is 1.94. The van der Waals surface area contributed by atoms with Gasteiger partial charge in [-0.15, -0.1) is 0 Å². The van der Waals surface area contributed by atoms with E-state index in [0.717, 1.165) is 31.5 Å². The fourth-order valence-corrected chi connectivity index (χ4v) is 3.15. The lowest BCUT2D eigenvalue weighted by Crippen LogP contribution is -2.42. The number of hydrogen-bond acceptors (Lipinski definition) is 2. The molecule has 0 bridgehead atoms. The largest absolute Gasteiger partial charge is 0.342 e. The van der Waals surface area contributed by atoms with Crippen molar-refractivity contribution in [1.29, 1.82) is 0 Å². The maximum Gasteiger partial charge on any atom is 0.236 e. The number of piperidine rings is 1. The second-order valence-corrected chi connectivity index (χ2v) is 5.74. The van der Waals surface area contributed by atoms with E-state index in [9.17, 15) is 4.79 Å². The van der Waals surface area contributed by atoms with Crippen LogP contribution in [0, 0.1) is 11.8 Å². The summed E-state index contributed by atoms with van der Waals surface area (Å²) in [5.41, 5.74) is 0. The van der Waals surface area contributed by atoms with Crippen molar-refractivity contribution < 1.29 is 4.79 Å². The number of likely N-dealkylation sites (tertiary alicyclic amines) is 1. The molecule has 0 aromatic carbocycles. The van der Waals surface area contributed by atoms with Crippen molar-refractivity contribution in [1.82, 2.24) is 10.2 Å². The van der Waals surface area contributed by atoms with Crippen LogP contribution in [0.1, 0.15) is 45.4 Å². The average molecular weight is 238 g/mol. The van der Waals surface area contributed by atoms with Crippen LogP contribution in [0.25, 0.3) is 0 Å². The van der Waals surface area contributed by atoms with Crippen LogP contribution >= 0.6 is 0 Å². The van der Waals surface area contributed by atoms with Gasteiger partial charge in [0.1, 0.15) is 0 Å². The second-order valence-electron chi connectivity index (χ2n) is 5.74. The Morgan fingerprint density at radius 1 is 1.18 bits per heavy atom. The van der Waals surface area contributed by atoms with Crippen molar-refractivity contribution >= 4 is 5.91 Å². The molecule has 3 nitrogen and oxygen atoms in total. The number of amides is 1. The van der Waals surface area contributed by atoms with E-state index in [1.54, 1.807) is 0 Å². The van der Waals surface area contributed by atoms with E-state index in [2.05, 4.69) is 12.2 Å². The lowest BCUT2D eigenvalue weighted by molar-refractivity contribution is -0.131. The predicted octanol–water partition coefficient (Wildman–Crippen LogP) is 2.02. The van der Waals surface area contributed by atoms with Crippen LogP contribution in [0.5, 0.6) is 0 Å². The molecule has 0 radical (unpaired) electrons. The average Bonchev–Trinajstić information content (AvgIpc) is 2.76. The molecule has 1 N–H and O–H groups in total. The van der Waals surface area contributed by atoms with Gasteiger partial charge in [-0.05, 0) is 44.1 Å². The van der Waals surface area contributed by atoms with Crippen LogP contribution < -0.4 is 5.32 Å². The standard InChI is InChI=1S/C14H26N2O/c1-12-6-5-7-13(12)10-15-11-14(17)16-8-3-2-4-9-16/h12-13,15H,2-11H2,1H3. The van der Waals surface area contributed by atoms with Crippen molar-refractivity contribution in [3.8, 4) is 0 Å². The minimum absolute atomic E-state index is 0.301. The first kappa shape index (κ1) is 12.9. The summed E-state index contributed by atoms with van der Waals surface area (Å²) < 4.78 is 0. The number of nitrogens with one attached hydrogen (secondary N) is 1. The quantitative estimate of drug-likeness (QED) is 0.812. The Balaban J connectivity index is 1.62. The summed E-state index contributed by atoms with van der Waals surface area (Å²) in [6.45, 7) is 5.86. The summed E-state index contributed by atoms with van der Waals surface area (Å²) >= 11 is 0. The van der Waals surface area contributed by atoms with Crippen LogP contribution in [-0.2, 0) is 4.79 Å². The van der Waals surface area contributed by atoms with Gasteiger partial charge >= 0.3 is 0 Å². The van der Waals surface area contributed by atoms with E-state index in [1.807, 2.05) is 4.90 Å². The van der Waals surface area contributed by atoms with Gasteiger partial charge in [0, 0.05) is 13.1 Å². The molecule has 2 unspecified atom stereocenters. The molecule has 0 aromatic rings. The van der Waals surface area contributed by atoms with Gasteiger partial charge in [-0.25, -0.2) is 0 Å². The molecule has 1 heterocycles. The fourth-order valence-electron chi connectivity index (χ4n) is 3.15. The molecule has 3 heteroatoms. The molecule has 2 rings (SSSR count). The molecule has 0 aromatic heterocycles. The zero-order valence-electron chi connectivity index (χ0n) is 11.1. The lowest BCUT2D eigenvalue weighted by Gasteiger charge is -2.27. The van der Waals surface area contributed by atoms with Gasteiger partial charge in [-0.2, -0.15) is 0 Å². The van der Waals surface area contributed by atoms with E-state index in [0.29, 0.717) is 12.5 Å². The number of nitrogens with zero attached hydrogens (tertiary/aromatic N) is 1.